The Balaban J connectivity index is 1.26. The van der Waals surface area contributed by atoms with Gasteiger partial charge in [0.2, 0.25) is 5.60 Å². The van der Waals surface area contributed by atoms with Gasteiger partial charge in [-0.05, 0) is 84.2 Å². The van der Waals surface area contributed by atoms with Crippen LogP contribution in [-0.2, 0) is 63.1 Å². The molecule has 5 rings (SSSR count). The molecular formula is C39H49N3O13. The highest BCUT2D eigenvalue weighted by Crippen LogP contribution is 2.42. The standard InChI is InChI=1S/C39H49N3O13/c1-9-24-25-19-23(52-36(47)54-38(6,7)8)11-12-29(25)41-31-26(24)21-42-30(31)20-28-27(32(42)43)22-51-33(44)39(28,10-2)55-35(46)50-18-17-49-16-15-48-14-13-40-34(45)53-37(3,4)5/h11-12,19-20H,9-10,13-18,21-22H2,1-8H3,(H,40,45)/t39-/m0/s1. The second-order valence-corrected chi connectivity index (χ2v) is 14.9. The van der Waals surface area contributed by atoms with E-state index in [1.165, 1.54) is 0 Å². The van der Waals surface area contributed by atoms with Crippen molar-refractivity contribution in [2.24, 2.45) is 0 Å². The number of benzene rings is 1. The molecule has 0 fully saturated rings. The largest absolute Gasteiger partial charge is 0.514 e. The molecule has 1 N–H and O–H groups in total. The maximum Gasteiger partial charge on any atom is 0.514 e. The van der Waals surface area contributed by atoms with Crippen LogP contribution < -0.4 is 15.6 Å². The number of carbonyl (C=O) groups is 4. The molecular weight excluding hydrogens is 718 g/mol. The molecule has 0 unspecified atom stereocenters. The number of cyclic esters (lactones) is 1. The van der Waals surface area contributed by atoms with E-state index in [0.717, 1.165) is 16.5 Å². The van der Waals surface area contributed by atoms with E-state index in [1.807, 2.05) is 6.92 Å². The Bertz CT molecular complexity index is 2010. The van der Waals surface area contributed by atoms with E-state index < -0.39 is 46.7 Å². The number of nitrogens with one attached hydrogen (secondary N) is 1. The SMILES string of the molecule is CCc1c2c(nc3ccc(OC(=O)OC(C)(C)C)cc13)-c1cc3c(c(=O)n1C2)COC(=O)[C@@]3(CC)OC(=O)OCCOCCOCCNC(=O)OC(C)(C)C. The van der Waals surface area contributed by atoms with Crippen LogP contribution in [0.15, 0.2) is 29.1 Å². The Morgan fingerprint density at radius 3 is 2.25 bits per heavy atom. The maximum absolute atomic E-state index is 14.0. The highest BCUT2D eigenvalue weighted by Gasteiger charge is 2.51. The van der Waals surface area contributed by atoms with Crippen LogP contribution in [0.1, 0.15) is 84.1 Å². The van der Waals surface area contributed by atoms with Gasteiger partial charge >= 0.3 is 24.4 Å². The van der Waals surface area contributed by atoms with Gasteiger partial charge < -0.3 is 47.8 Å². The minimum absolute atomic E-state index is 0.0222. The lowest BCUT2D eigenvalue weighted by Crippen LogP contribution is -2.47. The van der Waals surface area contributed by atoms with Crippen LogP contribution in [0.5, 0.6) is 5.75 Å². The maximum atomic E-state index is 14.0. The summed E-state index contributed by atoms with van der Waals surface area (Å²) in [6.45, 7) is 14.9. The van der Waals surface area contributed by atoms with Gasteiger partial charge in [-0.1, -0.05) is 13.8 Å². The number of esters is 1. The van der Waals surface area contributed by atoms with E-state index in [9.17, 15) is 24.0 Å². The first-order chi connectivity index (χ1) is 26.0. The van der Waals surface area contributed by atoms with Gasteiger partial charge in [0.15, 0.2) is 0 Å². The summed E-state index contributed by atoms with van der Waals surface area (Å²) in [7, 11) is 0. The van der Waals surface area contributed by atoms with E-state index in [-0.39, 0.29) is 76.0 Å². The molecule has 0 bridgehead atoms. The normalized spacial score (nSPS) is 16.0. The van der Waals surface area contributed by atoms with Gasteiger partial charge in [-0.3, -0.25) is 4.79 Å². The van der Waals surface area contributed by atoms with Gasteiger partial charge in [0.05, 0.1) is 55.4 Å². The third-order valence-electron chi connectivity index (χ3n) is 8.68. The van der Waals surface area contributed by atoms with Crippen molar-refractivity contribution >= 4 is 35.3 Å². The fourth-order valence-corrected chi connectivity index (χ4v) is 6.35. The summed E-state index contributed by atoms with van der Waals surface area (Å²) in [5.41, 5.74) is 0.0808. The van der Waals surface area contributed by atoms with E-state index in [0.29, 0.717) is 23.3 Å². The minimum atomic E-state index is -1.94. The highest BCUT2D eigenvalue weighted by atomic mass is 16.7. The van der Waals surface area contributed by atoms with Crippen LogP contribution in [-0.4, -0.2) is 84.7 Å². The van der Waals surface area contributed by atoms with Crippen molar-refractivity contribution in [1.82, 2.24) is 14.9 Å². The number of aryl methyl sites for hydroxylation is 1. The zero-order chi connectivity index (χ0) is 40.1. The van der Waals surface area contributed by atoms with Gasteiger partial charge in [0.25, 0.3) is 5.56 Å². The number of rotatable bonds is 13. The zero-order valence-electron chi connectivity index (χ0n) is 32.6. The number of hydrogen-bond donors (Lipinski definition) is 1. The molecule has 1 amide bonds. The molecule has 2 aromatic heterocycles. The van der Waals surface area contributed by atoms with Crippen molar-refractivity contribution < 1.29 is 57.1 Å². The first-order valence-corrected chi connectivity index (χ1v) is 18.3. The molecule has 3 aromatic rings. The first-order valence-electron chi connectivity index (χ1n) is 18.3. The zero-order valence-corrected chi connectivity index (χ0v) is 32.6. The minimum Gasteiger partial charge on any atom is -0.457 e. The predicted octanol–water partition coefficient (Wildman–Crippen LogP) is 5.67. The Hall–Kier alpha value is -5.22. The van der Waals surface area contributed by atoms with Crippen molar-refractivity contribution in [1.29, 1.82) is 0 Å². The molecule has 0 saturated heterocycles. The molecule has 0 aliphatic carbocycles. The number of carbonyl (C=O) groups excluding carboxylic acids is 4. The van der Waals surface area contributed by atoms with Gasteiger partial charge in [0.1, 0.15) is 30.2 Å². The number of nitrogens with zero attached hydrogens (tertiary/aromatic N) is 2. The summed E-state index contributed by atoms with van der Waals surface area (Å²) in [5.74, 6) is -0.536. The fraction of sp³-hybridized carbons (Fsp3) is 0.538. The summed E-state index contributed by atoms with van der Waals surface area (Å²) in [6.07, 6.45) is -1.95. The molecule has 0 radical (unpaired) electrons. The Morgan fingerprint density at radius 1 is 0.891 bits per heavy atom. The number of pyridine rings is 2. The average Bonchev–Trinajstić information content (AvgIpc) is 3.46. The van der Waals surface area contributed by atoms with Crippen molar-refractivity contribution in [2.75, 3.05) is 39.6 Å². The molecule has 0 saturated carbocycles. The van der Waals surface area contributed by atoms with E-state index in [2.05, 4.69) is 5.32 Å². The summed E-state index contributed by atoms with van der Waals surface area (Å²) >= 11 is 0. The van der Waals surface area contributed by atoms with Crippen molar-refractivity contribution in [3.05, 3.63) is 56.9 Å². The lowest BCUT2D eigenvalue weighted by atomic mass is 9.85. The molecule has 4 heterocycles. The third kappa shape index (κ3) is 9.54. The summed E-state index contributed by atoms with van der Waals surface area (Å²) in [5, 5.41) is 3.34. The van der Waals surface area contributed by atoms with Crippen molar-refractivity contribution in [3.8, 4) is 17.1 Å². The number of fused-ring (bicyclic) bond motifs is 5. The Kier molecular flexibility index (Phi) is 12.4. The van der Waals surface area contributed by atoms with Gasteiger partial charge in [-0.25, -0.2) is 24.2 Å². The van der Waals surface area contributed by atoms with E-state index in [1.54, 1.807) is 77.3 Å². The summed E-state index contributed by atoms with van der Waals surface area (Å²) in [6, 6.07) is 6.74. The van der Waals surface area contributed by atoms with Crippen LogP contribution in [0, 0.1) is 0 Å². The van der Waals surface area contributed by atoms with Gasteiger partial charge in [0, 0.05) is 23.1 Å². The number of hydrogen-bond acceptors (Lipinski definition) is 14. The molecule has 2 aliphatic rings. The second-order valence-electron chi connectivity index (χ2n) is 14.9. The summed E-state index contributed by atoms with van der Waals surface area (Å²) in [4.78, 5) is 69.3. The van der Waals surface area contributed by atoms with Gasteiger partial charge in [-0.2, -0.15) is 0 Å². The van der Waals surface area contributed by atoms with Crippen LogP contribution >= 0.6 is 0 Å². The van der Waals surface area contributed by atoms with Gasteiger partial charge in [-0.15, -0.1) is 0 Å². The Labute approximate surface area is 318 Å². The molecule has 2 aliphatic heterocycles. The number of amides is 1. The average molecular weight is 768 g/mol. The van der Waals surface area contributed by atoms with E-state index in [4.69, 9.17) is 42.9 Å². The number of aromatic nitrogens is 2. The molecule has 1 atom stereocenters. The molecule has 1 aromatic carbocycles. The highest BCUT2D eigenvalue weighted by molar-refractivity contribution is 5.90. The van der Waals surface area contributed by atoms with Crippen LogP contribution in [0.3, 0.4) is 0 Å². The molecule has 298 valence electrons. The number of alkyl carbamates (subject to hydrolysis) is 1. The Morgan fingerprint density at radius 2 is 1.58 bits per heavy atom. The van der Waals surface area contributed by atoms with Crippen LogP contribution in [0.4, 0.5) is 14.4 Å². The molecule has 55 heavy (non-hydrogen) atoms. The van der Waals surface area contributed by atoms with Crippen molar-refractivity contribution in [3.63, 3.8) is 0 Å². The number of ether oxygens (including phenoxy) is 8. The smallest absolute Gasteiger partial charge is 0.457 e. The van der Waals surface area contributed by atoms with E-state index >= 15 is 0 Å². The third-order valence-corrected chi connectivity index (χ3v) is 8.68. The monoisotopic (exact) mass is 767 g/mol. The topological polar surface area (TPSA) is 189 Å². The molecule has 0 spiro atoms. The predicted molar refractivity (Wildman–Crippen MR) is 197 cm³/mol. The van der Waals surface area contributed by atoms with Crippen LogP contribution in [0.2, 0.25) is 0 Å². The lowest BCUT2D eigenvalue weighted by Gasteiger charge is -2.35. The second kappa shape index (κ2) is 16.7. The van der Waals surface area contributed by atoms with Crippen molar-refractivity contribution in [2.45, 2.75) is 98.2 Å². The lowest BCUT2D eigenvalue weighted by molar-refractivity contribution is -0.175. The molecule has 16 heteroatoms. The first kappa shape index (κ1) is 41.0. The molecule has 16 nitrogen and oxygen atoms in total. The summed E-state index contributed by atoms with van der Waals surface area (Å²) < 4.78 is 44.7. The fourth-order valence-electron chi connectivity index (χ4n) is 6.35. The quantitative estimate of drug-likeness (QED) is 0.0758. The van der Waals surface area contributed by atoms with Crippen LogP contribution in [0.25, 0.3) is 22.3 Å².